The van der Waals surface area contributed by atoms with E-state index >= 15 is 0 Å². The molecule has 0 aliphatic heterocycles. The van der Waals surface area contributed by atoms with Crippen LogP contribution in [0.15, 0.2) is 34.1 Å². The largest absolute Gasteiger partial charge is 0.488 e. The minimum Gasteiger partial charge on any atom is -0.488 e. The molecule has 90 valence electrons. The van der Waals surface area contributed by atoms with E-state index in [1.54, 1.807) is 29.5 Å². The fourth-order valence-electron chi connectivity index (χ4n) is 1.39. The lowest BCUT2D eigenvalue weighted by Gasteiger charge is -2.09. The van der Waals surface area contributed by atoms with Gasteiger partial charge in [-0.25, -0.2) is 0 Å². The van der Waals surface area contributed by atoms with Crippen molar-refractivity contribution < 1.29 is 9.84 Å². The summed E-state index contributed by atoms with van der Waals surface area (Å²) in [6, 6.07) is 9.22. The normalized spacial score (nSPS) is 10.5. The number of halogens is 2. The summed E-state index contributed by atoms with van der Waals surface area (Å²) in [5.74, 6) is 0.668. The van der Waals surface area contributed by atoms with E-state index in [9.17, 15) is 5.11 Å². The molecular weight excluding hydrogens is 324 g/mol. The van der Waals surface area contributed by atoms with Crippen molar-refractivity contribution in [2.24, 2.45) is 0 Å². The molecule has 0 aliphatic rings. The molecule has 17 heavy (non-hydrogen) atoms. The van der Waals surface area contributed by atoms with Crippen molar-refractivity contribution in [2.75, 3.05) is 0 Å². The number of rotatable bonds is 4. The molecule has 0 saturated heterocycles. The van der Waals surface area contributed by atoms with Gasteiger partial charge in [-0.1, -0.05) is 11.6 Å². The Bertz CT molecular complexity index is 513. The number of thiophene rings is 1. The van der Waals surface area contributed by atoms with Crippen molar-refractivity contribution >= 4 is 38.9 Å². The first-order valence-corrected chi connectivity index (χ1v) is 6.94. The van der Waals surface area contributed by atoms with Crippen LogP contribution in [0.1, 0.15) is 10.4 Å². The fourth-order valence-corrected chi connectivity index (χ4v) is 2.98. The average Bonchev–Trinajstić information content (AvgIpc) is 2.73. The number of aliphatic hydroxyl groups excluding tert-OH is 1. The number of aliphatic hydroxyl groups is 1. The maximum Gasteiger partial charge on any atom is 0.125 e. The van der Waals surface area contributed by atoms with Gasteiger partial charge in [0, 0.05) is 15.5 Å². The molecule has 0 amide bonds. The van der Waals surface area contributed by atoms with Gasteiger partial charge in [0.05, 0.1) is 10.4 Å². The van der Waals surface area contributed by atoms with Crippen LogP contribution in [0, 0.1) is 0 Å². The van der Waals surface area contributed by atoms with Crippen molar-refractivity contribution in [2.45, 2.75) is 13.2 Å². The summed E-state index contributed by atoms with van der Waals surface area (Å²) < 4.78 is 6.73. The minimum absolute atomic E-state index is 0.0793. The van der Waals surface area contributed by atoms with Gasteiger partial charge in [0.1, 0.15) is 12.4 Å². The highest BCUT2D eigenvalue weighted by atomic mass is 79.9. The predicted molar refractivity (Wildman–Crippen MR) is 73.7 cm³/mol. The maximum atomic E-state index is 9.20. The van der Waals surface area contributed by atoms with E-state index < -0.39 is 0 Å². The smallest absolute Gasteiger partial charge is 0.125 e. The van der Waals surface area contributed by atoms with Crippen LogP contribution in [0.2, 0.25) is 5.02 Å². The van der Waals surface area contributed by atoms with Crippen LogP contribution in [0.3, 0.4) is 0 Å². The van der Waals surface area contributed by atoms with Crippen LogP contribution >= 0.6 is 38.9 Å². The van der Waals surface area contributed by atoms with E-state index in [2.05, 4.69) is 15.9 Å². The van der Waals surface area contributed by atoms with E-state index in [1.807, 2.05) is 12.1 Å². The van der Waals surface area contributed by atoms with Gasteiger partial charge >= 0.3 is 0 Å². The van der Waals surface area contributed by atoms with Crippen LogP contribution in [-0.2, 0) is 13.2 Å². The van der Waals surface area contributed by atoms with E-state index in [0.717, 1.165) is 8.66 Å². The van der Waals surface area contributed by atoms with Crippen molar-refractivity contribution in [1.29, 1.82) is 0 Å². The van der Waals surface area contributed by atoms with E-state index in [1.165, 1.54) is 0 Å². The molecular formula is C12H10BrClO2S. The minimum atomic E-state index is -0.0793. The lowest BCUT2D eigenvalue weighted by atomic mass is 10.2. The Morgan fingerprint density at radius 1 is 1.29 bits per heavy atom. The zero-order valence-corrected chi connectivity index (χ0v) is 12.0. The molecule has 1 heterocycles. The summed E-state index contributed by atoms with van der Waals surface area (Å²) in [5.41, 5.74) is 0.702. The van der Waals surface area contributed by atoms with Crippen molar-refractivity contribution in [1.82, 2.24) is 0 Å². The molecule has 0 aliphatic carbocycles. The van der Waals surface area contributed by atoms with Gasteiger partial charge in [0.15, 0.2) is 0 Å². The van der Waals surface area contributed by atoms with Crippen LogP contribution in [0.25, 0.3) is 0 Å². The molecule has 0 unspecified atom stereocenters. The number of hydrogen-bond acceptors (Lipinski definition) is 3. The Morgan fingerprint density at radius 3 is 2.76 bits per heavy atom. The summed E-state index contributed by atoms with van der Waals surface area (Å²) in [5, 5.41) is 9.80. The zero-order valence-electron chi connectivity index (χ0n) is 8.82. The second-order valence-corrected chi connectivity index (χ2v) is 6.39. The highest BCUT2D eigenvalue weighted by Crippen LogP contribution is 2.26. The lowest BCUT2D eigenvalue weighted by molar-refractivity contribution is 0.260. The summed E-state index contributed by atoms with van der Waals surface area (Å²) in [6.07, 6.45) is 0. The third-order valence-electron chi connectivity index (χ3n) is 2.19. The topological polar surface area (TPSA) is 29.5 Å². The number of hydrogen-bond donors (Lipinski definition) is 1. The Balaban J connectivity index is 2.08. The monoisotopic (exact) mass is 332 g/mol. The van der Waals surface area contributed by atoms with Gasteiger partial charge in [0.25, 0.3) is 0 Å². The first-order chi connectivity index (χ1) is 8.19. The second-order valence-electron chi connectivity index (χ2n) is 3.40. The first kappa shape index (κ1) is 12.9. The van der Waals surface area contributed by atoms with E-state index in [0.29, 0.717) is 22.9 Å². The van der Waals surface area contributed by atoms with Crippen LogP contribution in [0.4, 0.5) is 0 Å². The highest BCUT2D eigenvalue weighted by Gasteiger charge is 2.05. The molecule has 0 bridgehead atoms. The third kappa shape index (κ3) is 3.45. The molecule has 2 aromatic rings. The van der Waals surface area contributed by atoms with Gasteiger partial charge in [-0.05, 0) is 46.3 Å². The van der Waals surface area contributed by atoms with Gasteiger partial charge < -0.3 is 9.84 Å². The van der Waals surface area contributed by atoms with Crippen LogP contribution in [-0.4, -0.2) is 5.11 Å². The van der Waals surface area contributed by atoms with E-state index in [4.69, 9.17) is 16.3 Å². The van der Waals surface area contributed by atoms with Gasteiger partial charge in [-0.15, -0.1) is 11.3 Å². The SMILES string of the molecule is OCc1cc(Cl)ccc1OCc1ccc(Br)s1. The molecule has 0 radical (unpaired) electrons. The number of ether oxygens (including phenoxy) is 1. The molecule has 0 spiro atoms. The first-order valence-electron chi connectivity index (χ1n) is 4.95. The molecule has 1 N–H and O–H groups in total. The molecule has 2 nitrogen and oxygen atoms in total. The summed E-state index contributed by atoms with van der Waals surface area (Å²) >= 11 is 10.9. The van der Waals surface area contributed by atoms with Gasteiger partial charge in [-0.3, -0.25) is 0 Å². The van der Waals surface area contributed by atoms with Gasteiger partial charge in [0.2, 0.25) is 0 Å². The van der Waals surface area contributed by atoms with Crippen LogP contribution < -0.4 is 4.74 Å². The molecule has 1 aromatic carbocycles. The van der Waals surface area contributed by atoms with Crippen LogP contribution in [0.5, 0.6) is 5.75 Å². The van der Waals surface area contributed by atoms with Crippen molar-refractivity contribution in [3.05, 3.63) is 49.6 Å². The lowest BCUT2D eigenvalue weighted by Crippen LogP contribution is -1.97. The third-order valence-corrected chi connectivity index (χ3v) is 4.02. The zero-order chi connectivity index (χ0) is 12.3. The number of benzene rings is 1. The molecule has 2 rings (SSSR count). The molecule has 5 heteroatoms. The van der Waals surface area contributed by atoms with Crippen molar-refractivity contribution in [3.63, 3.8) is 0 Å². The predicted octanol–water partition coefficient (Wildman–Crippen LogP) is 4.24. The fraction of sp³-hybridized carbons (Fsp3) is 0.167. The van der Waals surface area contributed by atoms with E-state index in [-0.39, 0.29) is 6.61 Å². The Kier molecular flexibility index (Phi) is 4.45. The Labute approximate surface area is 117 Å². The summed E-state index contributed by atoms with van der Waals surface area (Å²) in [4.78, 5) is 1.12. The molecule has 1 aromatic heterocycles. The summed E-state index contributed by atoms with van der Waals surface area (Å²) in [6.45, 7) is 0.412. The Morgan fingerprint density at radius 2 is 2.12 bits per heavy atom. The Hall–Kier alpha value is -0.550. The molecule has 0 fully saturated rings. The van der Waals surface area contributed by atoms with Crippen molar-refractivity contribution in [3.8, 4) is 5.75 Å². The quantitative estimate of drug-likeness (QED) is 0.907. The second kappa shape index (κ2) is 5.87. The molecule has 0 atom stereocenters. The van der Waals surface area contributed by atoms with Gasteiger partial charge in [-0.2, -0.15) is 0 Å². The molecule has 0 saturated carbocycles. The maximum absolute atomic E-state index is 9.20. The standard InChI is InChI=1S/C12H10BrClO2S/c13-12-4-2-10(17-12)7-16-11-3-1-9(14)5-8(11)6-15/h1-5,15H,6-7H2. The average molecular weight is 334 g/mol. The highest BCUT2D eigenvalue weighted by molar-refractivity contribution is 9.11. The summed E-state index contributed by atoms with van der Waals surface area (Å²) in [7, 11) is 0.